The number of aromatic nitrogens is 3. The molecule has 1 aliphatic rings. The van der Waals surface area contributed by atoms with E-state index in [1.54, 1.807) is 35.4 Å². The second-order valence-electron chi connectivity index (χ2n) is 6.77. The van der Waals surface area contributed by atoms with Gasteiger partial charge in [0.05, 0.1) is 16.8 Å². The molecule has 2 aromatic rings. The number of hydrogen-bond donors (Lipinski definition) is 1. The van der Waals surface area contributed by atoms with Crippen LogP contribution in [0.2, 0.25) is 0 Å². The number of hydrogen-bond acceptors (Lipinski definition) is 6. The van der Waals surface area contributed by atoms with Gasteiger partial charge < -0.3 is 4.90 Å². The highest BCUT2D eigenvalue weighted by atomic mass is 32.2. The Morgan fingerprint density at radius 3 is 2.59 bits per heavy atom. The summed E-state index contributed by atoms with van der Waals surface area (Å²) >= 11 is 1.28. The average molecular weight is 410 g/mol. The Kier molecular flexibility index (Phi) is 5.87. The van der Waals surface area contributed by atoms with Gasteiger partial charge in [-0.05, 0) is 25.0 Å². The third kappa shape index (κ3) is 4.17. The SMILES string of the molecule is Cc1ccc(S(=O)(=O)N2CCN(C(=O)CSc3cn[nH]n3)[C@@H]2C(C)C)cc1. The summed E-state index contributed by atoms with van der Waals surface area (Å²) in [5, 5.41) is 10.8. The number of thioether (sulfide) groups is 1. The summed E-state index contributed by atoms with van der Waals surface area (Å²) in [6.07, 6.45) is 1.05. The molecule has 1 fully saturated rings. The molecule has 2 heterocycles. The fraction of sp³-hybridized carbons (Fsp3) is 0.471. The molecule has 1 amide bonds. The number of carbonyl (C=O) groups is 1. The molecule has 0 unspecified atom stereocenters. The summed E-state index contributed by atoms with van der Waals surface area (Å²) in [5.74, 6) is 0.0470. The van der Waals surface area contributed by atoms with E-state index >= 15 is 0 Å². The van der Waals surface area contributed by atoms with E-state index in [0.717, 1.165) is 5.56 Å². The number of rotatable bonds is 6. The van der Waals surface area contributed by atoms with Crippen LogP contribution in [0.3, 0.4) is 0 Å². The molecular formula is C17H23N5O3S2. The minimum atomic E-state index is -3.67. The van der Waals surface area contributed by atoms with Gasteiger partial charge in [-0.15, -0.1) is 5.10 Å². The van der Waals surface area contributed by atoms with E-state index in [4.69, 9.17) is 0 Å². The smallest absolute Gasteiger partial charge is 0.244 e. The zero-order valence-corrected chi connectivity index (χ0v) is 17.1. The molecule has 0 aliphatic carbocycles. The lowest BCUT2D eigenvalue weighted by Gasteiger charge is -2.32. The first kappa shape index (κ1) is 19.8. The molecule has 1 aromatic heterocycles. The molecule has 27 heavy (non-hydrogen) atoms. The fourth-order valence-corrected chi connectivity index (χ4v) is 5.56. The summed E-state index contributed by atoms with van der Waals surface area (Å²) in [5.41, 5.74) is 0.998. The zero-order valence-electron chi connectivity index (χ0n) is 15.5. The lowest BCUT2D eigenvalue weighted by atomic mass is 10.1. The summed E-state index contributed by atoms with van der Waals surface area (Å²) in [6.45, 7) is 6.44. The van der Waals surface area contributed by atoms with Crippen molar-refractivity contribution >= 4 is 27.7 Å². The molecule has 146 valence electrons. The van der Waals surface area contributed by atoms with Gasteiger partial charge in [0.2, 0.25) is 15.9 Å². The highest BCUT2D eigenvalue weighted by Crippen LogP contribution is 2.29. The quantitative estimate of drug-likeness (QED) is 0.730. The lowest BCUT2D eigenvalue weighted by molar-refractivity contribution is -0.130. The zero-order chi connectivity index (χ0) is 19.6. The Hall–Kier alpha value is -1.91. The third-order valence-corrected chi connectivity index (χ3v) is 7.22. The van der Waals surface area contributed by atoms with Crippen molar-refractivity contribution in [2.75, 3.05) is 18.8 Å². The molecule has 1 saturated heterocycles. The maximum Gasteiger partial charge on any atom is 0.244 e. The van der Waals surface area contributed by atoms with Gasteiger partial charge >= 0.3 is 0 Å². The topological polar surface area (TPSA) is 99.3 Å². The van der Waals surface area contributed by atoms with E-state index in [0.29, 0.717) is 18.1 Å². The van der Waals surface area contributed by atoms with Gasteiger partial charge in [-0.25, -0.2) is 8.42 Å². The second kappa shape index (κ2) is 7.99. The van der Waals surface area contributed by atoms with Crippen LogP contribution >= 0.6 is 11.8 Å². The van der Waals surface area contributed by atoms with Crippen molar-refractivity contribution in [3.05, 3.63) is 36.0 Å². The Bertz CT molecular complexity index is 882. The first-order valence-corrected chi connectivity index (χ1v) is 11.1. The Morgan fingerprint density at radius 1 is 1.30 bits per heavy atom. The maximum atomic E-state index is 13.1. The number of nitrogens with one attached hydrogen (secondary N) is 1. The number of carbonyl (C=O) groups excluding carboxylic acids is 1. The molecule has 1 atom stereocenters. The van der Waals surface area contributed by atoms with Crippen LogP contribution in [0.25, 0.3) is 0 Å². The van der Waals surface area contributed by atoms with Gasteiger partial charge in [-0.3, -0.25) is 4.79 Å². The van der Waals surface area contributed by atoms with Gasteiger partial charge in [0, 0.05) is 13.1 Å². The van der Waals surface area contributed by atoms with E-state index in [1.165, 1.54) is 16.1 Å². The van der Waals surface area contributed by atoms with E-state index in [-0.39, 0.29) is 22.5 Å². The van der Waals surface area contributed by atoms with Crippen molar-refractivity contribution in [3.63, 3.8) is 0 Å². The highest BCUT2D eigenvalue weighted by molar-refractivity contribution is 7.99. The predicted molar refractivity (Wildman–Crippen MR) is 103 cm³/mol. The molecule has 1 aliphatic heterocycles. The number of benzene rings is 1. The van der Waals surface area contributed by atoms with Crippen molar-refractivity contribution in [2.24, 2.45) is 5.92 Å². The van der Waals surface area contributed by atoms with E-state index in [2.05, 4.69) is 15.4 Å². The van der Waals surface area contributed by atoms with Gasteiger partial charge in [0.15, 0.2) is 0 Å². The summed E-state index contributed by atoms with van der Waals surface area (Å²) in [4.78, 5) is 14.6. The number of aryl methyl sites for hydroxylation is 1. The van der Waals surface area contributed by atoms with Crippen molar-refractivity contribution in [1.82, 2.24) is 24.6 Å². The van der Waals surface area contributed by atoms with Crippen molar-refractivity contribution in [1.29, 1.82) is 0 Å². The van der Waals surface area contributed by atoms with E-state index in [1.807, 2.05) is 20.8 Å². The Balaban J connectivity index is 1.79. The maximum absolute atomic E-state index is 13.1. The normalized spacial score (nSPS) is 18.4. The average Bonchev–Trinajstić information content (AvgIpc) is 3.30. The molecule has 1 aromatic carbocycles. The molecule has 0 saturated carbocycles. The monoisotopic (exact) mass is 409 g/mol. The number of H-pyrrole nitrogens is 1. The summed E-state index contributed by atoms with van der Waals surface area (Å²) in [6, 6.07) is 6.80. The van der Waals surface area contributed by atoms with Gasteiger partial charge in [0.25, 0.3) is 0 Å². The first-order chi connectivity index (χ1) is 12.8. The molecule has 1 N–H and O–H groups in total. The van der Waals surface area contributed by atoms with Crippen LogP contribution in [0.4, 0.5) is 0 Å². The predicted octanol–water partition coefficient (Wildman–Crippen LogP) is 1.72. The van der Waals surface area contributed by atoms with Crippen molar-refractivity contribution in [2.45, 2.75) is 36.9 Å². The standard InChI is InChI=1S/C17H23N5O3S2/c1-12(2)17-21(16(23)11-26-15-10-18-20-19-15)8-9-22(17)27(24,25)14-6-4-13(3)5-7-14/h4-7,10,12,17H,8-9,11H2,1-3H3,(H,18,19,20)/t17-/m0/s1. The first-order valence-electron chi connectivity index (χ1n) is 8.67. The van der Waals surface area contributed by atoms with Crippen molar-refractivity contribution in [3.8, 4) is 0 Å². The highest BCUT2D eigenvalue weighted by Gasteiger charge is 2.43. The summed E-state index contributed by atoms with van der Waals surface area (Å²) in [7, 11) is -3.67. The van der Waals surface area contributed by atoms with Crippen LogP contribution in [0.1, 0.15) is 19.4 Å². The number of aromatic amines is 1. The fourth-order valence-electron chi connectivity index (χ4n) is 3.18. The minimum Gasteiger partial charge on any atom is -0.324 e. The molecule has 0 radical (unpaired) electrons. The van der Waals surface area contributed by atoms with Crippen LogP contribution in [0.5, 0.6) is 0 Å². The van der Waals surface area contributed by atoms with Gasteiger partial charge in [0.1, 0.15) is 11.2 Å². The van der Waals surface area contributed by atoms with Crippen LogP contribution in [0.15, 0.2) is 40.4 Å². The second-order valence-corrected chi connectivity index (χ2v) is 9.66. The number of sulfonamides is 1. The molecule has 10 heteroatoms. The molecule has 0 bridgehead atoms. The van der Waals surface area contributed by atoms with Crippen LogP contribution in [-0.2, 0) is 14.8 Å². The summed E-state index contributed by atoms with van der Waals surface area (Å²) < 4.78 is 27.7. The van der Waals surface area contributed by atoms with E-state index < -0.39 is 16.2 Å². The molecule has 3 rings (SSSR count). The van der Waals surface area contributed by atoms with Crippen molar-refractivity contribution < 1.29 is 13.2 Å². The van der Waals surface area contributed by atoms with Gasteiger partial charge in [-0.2, -0.15) is 14.6 Å². The molecule has 8 nitrogen and oxygen atoms in total. The number of amides is 1. The third-order valence-electron chi connectivity index (χ3n) is 4.46. The minimum absolute atomic E-state index is 0.0336. The molecule has 0 spiro atoms. The Morgan fingerprint density at radius 2 is 2.00 bits per heavy atom. The molecular weight excluding hydrogens is 386 g/mol. The van der Waals surface area contributed by atoms with Crippen LogP contribution in [-0.4, -0.2) is 63.9 Å². The van der Waals surface area contributed by atoms with Crippen LogP contribution in [0, 0.1) is 12.8 Å². The van der Waals surface area contributed by atoms with Gasteiger partial charge in [-0.1, -0.05) is 43.3 Å². The lowest BCUT2D eigenvalue weighted by Crippen LogP contribution is -2.48. The number of nitrogens with zero attached hydrogens (tertiary/aromatic N) is 4. The Labute approximate surface area is 163 Å². The largest absolute Gasteiger partial charge is 0.324 e. The van der Waals surface area contributed by atoms with E-state index in [9.17, 15) is 13.2 Å². The van der Waals surface area contributed by atoms with Crippen LogP contribution < -0.4 is 0 Å².